The predicted octanol–water partition coefficient (Wildman–Crippen LogP) is 3.44. The van der Waals surface area contributed by atoms with Crippen molar-refractivity contribution in [2.75, 3.05) is 6.54 Å². The molecule has 0 spiro atoms. The second-order valence-corrected chi connectivity index (χ2v) is 7.17. The Morgan fingerprint density at radius 1 is 1.25 bits per heavy atom. The molecule has 0 radical (unpaired) electrons. The maximum Gasteiger partial charge on any atom is 0.230 e. The third kappa shape index (κ3) is 2.87. The van der Waals surface area contributed by atoms with Gasteiger partial charge in [0, 0.05) is 18.2 Å². The molecule has 0 N–H and O–H groups in total. The Balaban J connectivity index is 2.84. The van der Waals surface area contributed by atoms with Crippen molar-refractivity contribution in [3.63, 3.8) is 0 Å². The molecule has 16 heavy (non-hydrogen) atoms. The molecule has 0 aromatic carbocycles. The summed E-state index contributed by atoms with van der Waals surface area (Å²) in [5.74, 6) is 0.356. The molecule has 0 aromatic rings. The van der Waals surface area contributed by atoms with Crippen molar-refractivity contribution in [2.24, 2.45) is 16.7 Å². The number of likely N-dealkylation sites (tertiary alicyclic amines) is 1. The summed E-state index contributed by atoms with van der Waals surface area (Å²) in [5.41, 5.74) is 1.15. The normalized spacial score (nSPS) is 23.1. The molecule has 92 valence electrons. The van der Waals surface area contributed by atoms with Crippen LogP contribution in [-0.2, 0) is 4.79 Å². The molecule has 2 nitrogen and oxygen atoms in total. The van der Waals surface area contributed by atoms with Crippen LogP contribution in [0.4, 0.5) is 0 Å². The first-order chi connectivity index (χ1) is 7.02. The van der Waals surface area contributed by atoms with E-state index in [0.717, 1.165) is 18.7 Å². The van der Waals surface area contributed by atoms with Crippen LogP contribution in [0.1, 0.15) is 48.0 Å². The summed E-state index contributed by atoms with van der Waals surface area (Å²) in [6.45, 7) is 17.7. The Hall–Kier alpha value is -0.790. The van der Waals surface area contributed by atoms with Crippen LogP contribution in [0.3, 0.4) is 0 Å². The highest BCUT2D eigenvalue weighted by molar-refractivity contribution is 5.84. The molecule has 0 bridgehead atoms. The monoisotopic (exact) mass is 223 g/mol. The number of nitrogens with zero attached hydrogens (tertiary/aromatic N) is 1. The molecule has 1 unspecified atom stereocenters. The van der Waals surface area contributed by atoms with Gasteiger partial charge in [-0.3, -0.25) is 4.79 Å². The van der Waals surface area contributed by atoms with Crippen LogP contribution in [0.5, 0.6) is 0 Å². The molecule has 0 aliphatic carbocycles. The lowest BCUT2D eigenvalue weighted by molar-refractivity contribution is -0.133. The largest absolute Gasteiger partial charge is 0.316 e. The van der Waals surface area contributed by atoms with Gasteiger partial charge in [0.05, 0.1) is 0 Å². The molecule has 1 aliphatic heterocycles. The Kier molecular flexibility index (Phi) is 3.24. The third-order valence-corrected chi connectivity index (χ3v) is 3.06. The van der Waals surface area contributed by atoms with Crippen LogP contribution < -0.4 is 0 Å². The molecular formula is C14H25NO. The second-order valence-electron chi connectivity index (χ2n) is 7.17. The van der Waals surface area contributed by atoms with Crippen molar-refractivity contribution in [1.29, 1.82) is 0 Å². The minimum atomic E-state index is 0.0344. The zero-order valence-electron chi connectivity index (χ0n) is 11.6. The van der Waals surface area contributed by atoms with Gasteiger partial charge in [0.2, 0.25) is 5.91 Å². The van der Waals surface area contributed by atoms with Crippen LogP contribution in [0, 0.1) is 16.7 Å². The Morgan fingerprint density at radius 3 is 2.06 bits per heavy atom. The first kappa shape index (κ1) is 13.3. The summed E-state index contributed by atoms with van der Waals surface area (Å²) in [6, 6.07) is 0. The highest BCUT2D eigenvalue weighted by atomic mass is 16.2. The van der Waals surface area contributed by atoms with Gasteiger partial charge in [-0.05, 0) is 17.3 Å². The summed E-state index contributed by atoms with van der Waals surface area (Å²) >= 11 is 0. The lowest BCUT2D eigenvalue weighted by atomic mass is 9.79. The molecule has 1 rings (SSSR count). The number of carbonyl (C=O) groups excluding carboxylic acids is 1. The topological polar surface area (TPSA) is 20.3 Å². The SMILES string of the molecule is C=C1CC(C(C)(C)C)C(=O)N1CC(C)(C)C. The average molecular weight is 223 g/mol. The van der Waals surface area contributed by atoms with Crippen LogP contribution in [-0.4, -0.2) is 17.4 Å². The number of amides is 1. The van der Waals surface area contributed by atoms with Crippen molar-refractivity contribution >= 4 is 5.91 Å². The van der Waals surface area contributed by atoms with Gasteiger partial charge >= 0.3 is 0 Å². The van der Waals surface area contributed by atoms with Crippen molar-refractivity contribution < 1.29 is 4.79 Å². The van der Waals surface area contributed by atoms with Gasteiger partial charge in [0.1, 0.15) is 0 Å². The number of carbonyl (C=O) groups is 1. The third-order valence-electron chi connectivity index (χ3n) is 3.06. The molecule has 0 aromatic heterocycles. The lowest BCUT2D eigenvalue weighted by Crippen LogP contribution is -2.36. The first-order valence-corrected chi connectivity index (χ1v) is 6.01. The number of hydrogen-bond donors (Lipinski definition) is 0. The summed E-state index contributed by atoms with van der Waals surface area (Å²) in [4.78, 5) is 14.2. The predicted molar refractivity (Wildman–Crippen MR) is 67.9 cm³/mol. The van der Waals surface area contributed by atoms with E-state index < -0.39 is 0 Å². The quantitative estimate of drug-likeness (QED) is 0.667. The fourth-order valence-corrected chi connectivity index (χ4v) is 2.12. The van der Waals surface area contributed by atoms with Crippen molar-refractivity contribution in [1.82, 2.24) is 4.90 Å². The van der Waals surface area contributed by atoms with Gasteiger partial charge in [-0.2, -0.15) is 0 Å². The standard InChI is InChI=1S/C14H25NO/c1-10-8-11(14(5,6)7)12(16)15(10)9-13(2,3)4/h11H,1,8-9H2,2-7H3. The maximum absolute atomic E-state index is 12.3. The van der Waals surface area contributed by atoms with Gasteiger partial charge in [-0.1, -0.05) is 48.1 Å². The average Bonchev–Trinajstić information content (AvgIpc) is 2.28. The molecule has 1 aliphatic rings. The molecule has 1 saturated heterocycles. The molecule has 1 amide bonds. The van der Waals surface area contributed by atoms with E-state index in [1.165, 1.54) is 0 Å². The van der Waals surface area contributed by atoms with E-state index >= 15 is 0 Å². The molecule has 1 heterocycles. The van der Waals surface area contributed by atoms with Crippen LogP contribution >= 0.6 is 0 Å². The fraction of sp³-hybridized carbons (Fsp3) is 0.786. The van der Waals surface area contributed by atoms with Gasteiger partial charge in [-0.15, -0.1) is 0 Å². The minimum Gasteiger partial charge on any atom is -0.316 e. The summed E-state index contributed by atoms with van der Waals surface area (Å²) in [7, 11) is 0. The van der Waals surface area contributed by atoms with E-state index in [1.54, 1.807) is 0 Å². The number of rotatable bonds is 1. The van der Waals surface area contributed by atoms with Crippen LogP contribution in [0.15, 0.2) is 12.3 Å². The smallest absolute Gasteiger partial charge is 0.230 e. The van der Waals surface area contributed by atoms with E-state index in [9.17, 15) is 4.79 Å². The molecule has 0 saturated carbocycles. The maximum atomic E-state index is 12.3. The van der Waals surface area contributed by atoms with Crippen LogP contribution in [0.25, 0.3) is 0 Å². The lowest BCUT2D eigenvalue weighted by Gasteiger charge is -2.29. The van der Waals surface area contributed by atoms with Crippen molar-refractivity contribution in [3.05, 3.63) is 12.3 Å². The number of allylic oxidation sites excluding steroid dienone is 1. The Labute approximate surface area is 99.7 Å². The zero-order valence-corrected chi connectivity index (χ0v) is 11.6. The van der Waals surface area contributed by atoms with Crippen molar-refractivity contribution in [3.8, 4) is 0 Å². The van der Waals surface area contributed by atoms with E-state index in [2.05, 4.69) is 48.1 Å². The van der Waals surface area contributed by atoms with Gasteiger partial charge < -0.3 is 4.90 Å². The van der Waals surface area contributed by atoms with E-state index in [0.29, 0.717) is 0 Å². The first-order valence-electron chi connectivity index (χ1n) is 6.01. The number of hydrogen-bond acceptors (Lipinski definition) is 1. The van der Waals surface area contributed by atoms with E-state index in [4.69, 9.17) is 0 Å². The van der Waals surface area contributed by atoms with Gasteiger partial charge in [0.25, 0.3) is 0 Å². The van der Waals surface area contributed by atoms with Crippen LogP contribution in [0.2, 0.25) is 0 Å². The Morgan fingerprint density at radius 2 is 1.75 bits per heavy atom. The summed E-state index contributed by atoms with van der Waals surface area (Å²) in [5, 5.41) is 0. The zero-order chi connectivity index (χ0) is 12.7. The highest BCUT2D eigenvalue weighted by Gasteiger charge is 2.42. The van der Waals surface area contributed by atoms with E-state index in [1.807, 2.05) is 4.90 Å². The molecule has 1 atom stereocenters. The van der Waals surface area contributed by atoms with E-state index in [-0.39, 0.29) is 22.7 Å². The van der Waals surface area contributed by atoms with Gasteiger partial charge in [-0.25, -0.2) is 0 Å². The van der Waals surface area contributed by atoms with Crippen molar-refractivity contribution in [2.45, 2.75) is 48.0 Å². The molecule has 2 heteroatoms. The summed E-state index contributed by atoms with van der Waals surface area (Å²) < 4.78 is 0. The minimum absolute atomic E-state index is 0.0344. The Bertz CT molecular complexity index is 304. The highest BCUT2D eigenvalue weighted by Crippen LogP contribution is 2.40. The fourth-order valence-electron chi connectivity index (χ4n) is 2.12. The summed E-state index contributed by atoms with van der Waals surface area (Å²) in [6.07, 6.45) is 0.818. The second kappa shape index (κ2) is 3.90. The molecular weight excluding hydrogens is 198 g/mol. The van der Waals surface area contributed by atoms with Gasteiger partial charge in [0.15, 0.2) is 0 Å². The molecule has 1 fully saturated rings.